The first kappa shape index (κ1) is 13.1. The number of hydrogen-bond donors (Lipinski definition) is 2. The van der Waals surface area contributed by atoms with E-state index in [-0.39, 0.29) is 10.8 Å². The molecule has 0 aliphatic carbocycles. The number of halogens is 1. The van der Waals surface area contributed by atoms with Crippen LogP contribution in [0.5, 0.6) is 0 Å². The summed E-state index contributed by atoms with van der Waals surface area (Å²) in [4.78, 5) is 15.8. The average molecular weight is 275 g/mol. The number of carbonyl (C=O) groups is 1. The van der Waals surface area contributed by atoms with Crippen molar-refractivity contribution in [1.82, 2.24) is 10.3 Å². The van der Waals surface area contributed by atoms with E-state index in [1.165, 1.54) is 24.3 Å². The summed E-state index contributed by atoms with van der Waals surface area (Å²) in [6.07, 6.45) is 3.17. The summed E-state index contributed by atoms with van der Waals surface area (Å²) in [7, 11) is 0. The standard InChI is InChI=1S/C13H10FN3OS/c14-10-3-5-11(6-4-10)16-13(18)17-12(19)9-2-1-7-15-8-9/h1-8H,(H2,16,17,18,19). The van der Waals surface area contributed by atoms with E-state index < -0.39 is 6.03 Å². The molecule has 4 nitrogen and oxygen atoms in total. The molecule has 2 rings (SSSR count). The topological polar surface area (TPSA) is 54.0 Å². The highest BCUT2D eigenvalue weighted by molar-refractivity contribution is 7.80. The van der Waals surface area contributed by atoms with E-state index in [2.05, 4.69) is 15.6 Å². The van der Waals surface area contributed by atoms with Crippen molar-refractivity contribution < 1.29 is 9.18 Å². The molecule has 0 fully saturated rings. The van der Waals surface area contributed by atoms with Crippen LogP contribution >= 0.6 is 12.2 Å². The lowest BCUT2D eigenvalue weighted by Gasteiger charge is -2.08. The molecule has 2 aromatic rings. The van der Waals surface area contributed by atoms with E-state index in [1.807, 2.05) is 0 Å². The number of amides is 2. The Bertz CT molecular complexity index is 587. The first-order chi connectivity index (χ1) is 9.15. The maximum atomic E-state index is 12.7. The van der Waals surface area contributed by atoms with Crippen LogP contribution in [-0.2, 0) is 0 Å². The van der Waals surface area contributed by atoms with Gasteiger partial charge in [-0.15, -0.1) is 0 Å². The van der Waals surface area contributed by atoms with Crippen LogP contribution in [0.4, 0.5) is 14.9 Å². The molecule has 2 amide bonds. The molecule has 19 heavy (non-hydrogen) atoms. The first-order valence-corrected chi connectivity index (χ1v) is 5.84. The highest BCUT2D eigenvalue weighted by Gasteiger charge is 2.06. The van der Waals surface area contributed by atoms with Gasteiger partial charge in [0.15, 0.2) is 0 Å². The van der Waals surface area contributed by atoms with Crippen LogP contribution in [0.2, 0.25) is 0 Å². The van der Waals surface area contributed by atoms with Gasteiger partial charge in [0.2, 0.25) is 0 Å². The summed E-state index contributed by atoms with van der Waals surface area (Å²) in [5.41, 5.74) is 1.12. The molecule has 96 valence electrons. The lowest BCUT2D eigenvalue weighted by atomic mass is 10.3. The molecule has 1 heterocycles. The van der Waals surface area contributed by atoms with Gasteiger partial charge in [0.05, 0.1) is 0 Å². The number of thiocarbonyl (C=S) groups is 1. The van der Waals surface area contributed by atoms with E-state index >= 15 is 0 Å². The van der Waals surface area contributed by atoms with Crippen LogP contribution in [0, 0.1) is 5.82 Å². The number of anilines is 1. The second-order valence-electron chi connectivity index (χ2n) is 3.66. The van der Waals surface area contributed by atoms with E-state index in [9.17, 15) is 9.18 Å². The molecular formula is C13H10FN3OS. The Hall–Kier alpha value is -2.34. The molecule has 0 saturated heterocycles. The van der Waals surface area contributed by atoms with Gasteiger partial charge < -0.3 is 5.32 Å². The Balaban J connectivity index is 1.95. The summed E-state index contributed by atoms with van der Waals surface area (Å²) < 4.78 is 12.7. The van der Waals surface area contributed by atoms with Gasteiger partial charge in [-0.3, -0.25) is 10.3 Å². The summed E-state index contributed by atoms with van der Waals surface area (Å²) in [5, 5.41) is 5.05. The van der Waals surface area contributed by atoms with Gasteiger partial charge in [-0.2, -0.15) is 0 Å². The molecule has 0 aliphatic rings. The molecule has 0 spiro atoms. The fraction of sp³-hybridized carbons (Fsp3) is 0. The van der Waals surface area contributed by atoms with E-state index in [4.69, 9.17) is 12.2 Å². The predicted octanol–water partition coefficient (Wildman–Crippen LogP) is 2.72. The molecule has 6 heteroatoms. The largest absolute Gasteiger partial charge is 0.324 e. The van der Waals surface area contributed by atoms with Crippen LogP contribution in [0.25, 0.3) is 0 Å². The third-order valence-electron chi connectivity index (χ3n) is 2.25. The third kappa shape index (κ3) is 3.82. The maximum Gasteiger partial charge on any atom is 0.324 e. The number of rotatable bonds is 2. The molecule has 0 saturated carbocycles. The van der Waals surface area contributed by atoms with Crippen LogP contribution in [0.1, 0.15) is 5.56 Å². The van der Waals surface area contributed by atoms with Crippen molar-refractivity contribution in [3.8, 4) is 0 Å². The smallest absolute Gasteiger partial charge is 0.308 e. The lowest BCUT2D eigenvalue weighted by molar-refractivity contribution is 0.256. The van der Waals surface area contributed by atoms with Crippen molar-refractivity contribution in [3.63, 3.8) is 0 Å². The average Bonchev–Trinajstić information content (AvgIpc) is 2.42. The molecule has 0 atom stereocenters. The predicted molar refractivity (Wildman–Crippen MR) is 74.5 cm³/mol. The normalized spacial score (nSPS) is 9.74. The Morgan fingerprint density at radius 3 is 2.58 bits per heavy atom. The van der Waals surface area contributed by atoms with E-state index in [0.29, 0.717) is 11.3 Å². The number of pyridine rings is 1. The Labute approximate surface area is 114 Å². The zero-order chi connectivity index (χ0) is 13.7. The monoisotopic (exact) mass is 275 g/mol. The van der Waals surface area contributed by atoms with Gasteiger partial charge in [-0.25, -0.2) is 9.18 Å². The maximum absolute atomic E-state index is 12.7. The van der Waals surface area contributed by atoms with Crippen molar-refractivity contribution in [1.29, 1.82) is 0 Å². The molecule has 2 N–H and O–H groups in total. The van der Waals surface area contributed by atoms with Crippen LogP contribution in [-0.4, -0.2) is 16.0 Å². The molecule has 1 aromatic carbocycles. The number of nitrogens with zero attached hydrogens (tertiary/aromatic N) is 1. The molecule has 0 aliphatic heterocycles. The number of nitrogens with one attached hydrogen (secondary N) is 2. The number of hydrogen-bond acceptors (Lipinski definition) is 3. The zero-order valence-electron chi connectivity index (χ0n) is 9.76. The lowest BCUT2D eigenvalue weighted by Crippen LogP contribution is -2.33. The number of urea groups is 1. The molecular weight excluding hydrogens is 265 g/mol. The highest BCUT2D eigenvalue weighted by atomic mass is 32.1. The molecule has 0 bridgehead atoms. The summed E-state index contributed by atoms with van der Waals surface area (Å²) in [6.45, 7) is 0. The Morgan fingerprint density at radius 2 is 1.95 bits per heavy atom. The summed E-state index contributed by atoms with van der Waals surface area (Å²) in [6, 6.07) is 8.42. The van der Waals surface area contributed by atoms with E-state index in [1.54, 1.807) is 24.5 Å². The minimum atomic E-state index is -0.486. The van der Waals surface area contributed by atoms with E-state index in [0.717, 1.165) is 0 Å². The van der Waals surface area contributed by atoms with Gasteiger partial charge in [0.25, 0.3) is 0 Å². The molecule has 0 unspecified atom stereocenters. The molecule has 0 radical (unpaired) electrons. The van der Waals surface area contributed by atoms with Gasteiger partial charge >= 0.3 is 6.03 Å². The highest BCUT2D eigenvalue weighted by Crippen LogP contribution is 2.08. The SMILES string of the molecule is O=C(NC(=S)c1cccnc1)Nc1ccc(F)cc1. The quantitative estimate of drug-likeness (QED) is 0.829. The Kier molecular flexibility index (Phi) is 4.15. The van der Waals surface area contributed by atoms with Crippen molar-refractivity contribution in [2.45, 2.75) is 0 Å². The van der Waals surface area contributed by atoms with Crippen molar-refractivity contribution in [3.05, 3.63) is 60.2 Å². The molecule has 1 aromatic heterocycles. The summed E-state index contributed by atoms with van der Waals surface area (Å²) in [5.74, 6) is -0.364. The minimum Gasteiger partial charge on any atom is -0.308 e. The first-order valence-electron chi connectivity index (χ1n) is 5.43. The fourth-order valence-electron chi connectivity index (χ4n) is 1.37. The van der Waals surface area contributed by atoms with Gasteiger partial charge in [0.1, 0.15) is 10.8 Å². The Morgan fingerprint density at radius 1 is 1.21 bits per heavy atom. The third-order valence-corrected chi connectivity index (χ3v) is 2.59. The van der Waals surface area contributed by atoms with Crippen molar-refractivity contribution in [2.75, 3.05) is 5.32 Å². The van der Waals surface area contributed by atoms with Gasteiger partial charge in [-0.05, 0) is 36.4 Å². The van der Waals surface area contributed by atoms with Crippen molar-refractivity contribution in [2.24, 2.45) is 0 Å². The fourth-order valence-corrected chi connectivity index (χ4v) is 1.58. The van der Waals surface area contributed by atoms with Crippen LogP contribution in [0.15, 0.2) is 48.8 Å². The second-order valence-corrected chi connectivity index (χ2v) is 4.07. The van der Waals surface area contributed by atoms with Gasteiger partial charge in [0, 0.05) is 23.6 Å². The second kappa shape index (κ2) is 6.01. The number of benzene rings is 1. The summed E-state index contributed by atoms with van der Waals surface area (Å²) >= 11 is 5.06. The number of aromatic nitrogens is 1. The number of carbonyl (C=O) groups excluding carboxylic acids is 1. The van der Waals surface area contributed by atoms with Gasteiger partial charge in [-0.1, -0.05) is 12.2 Å². The minimum absolute atomic E-state index is 0.271. The van der Waals surface area contributed by atoms with Crippen molar-refractivity contribution >= 4 is 28.9 Å². The van der Waals surface area contributed by atoms with Crippen LogP contribution < -0.4 is 10.6 Å². The zero-order valence-corrected chi connectivity index (χ0v) is 10.6. The van der Waals surface area contributed by atoms with Crippen LogP contribution in [0.3, 0.4) is 0 Å².